The summed E-state index contributed by atoms with van der Waals surface area (Å²) in [6, 6.07) is 0. The van der Waals surface area contributed by atoms with Crippen molar-refractivity contribution in [2.75, 3.05) is 6.61 Å². The molecule has 0 aromatic rings. The lowest BCUT2D eigenvalue weighted by Gasteiger charge is -2.18. The van der Waals surface area contributed by atoms with Crippen molar-refractivity contribution in [1.29, 1.82) is 0 Å². The van der Waals surface area contributed by atoms with Crippen molar-refractivity contribution in [2.45, 2.75) is 30.6 Å². The molecular weight excluding hydrogens is 166 g/mol. The topological polar surface area (TPSA) is 116 Å². The van der Waals surface area contributed by atoms with Crippen molar-refractivity contribution in [2.24, 2.45) is 5.73 Å². The first-order valence-electron chi connectivity index (χ1n) is 3.64. The Morgan fingerprint density at radius 2 is 1.92 bits per heavy atom. The SMILES string of the molecule is N[C@@H]1O[C@H]([C@H](O)CO)[C@H](O)[C@H]1O. The van der Waals surface area contributed by atoms with Crippen molar-refractivity contribution in [3.8, 4) is 0 Å². The molecule has 5 atom stereocenters. The van der Waals surface area contributed by atoms with Crippen LogP contribution >= 0.6 is 0 Å². The van der Waals surface area contributed by atoms with Crippen LogP contribution < -0.4 is 5.73 Å². The van der Waals surface area contributed by atoms with E-state index in [1.807, 2.05) is 0 Å². The van der Waals surface area contributed by atoms with E-state index in [9.17, 15) is 5.11 Å². The van der Waals surface area contributed by atoms with Gasteiger partial charge in [0.05, 0.1) is 6.61 Å². The second kappa shape index (κ2) is 3.65. The minimum Gasteiger partial charge on any atom is -0.394 e. The Kier molecular flexibility index (Phi) is 2.99. The maximum Gasteiger partial charge on any atom is 0.135 e. The summed E-state index contributed by atoms with van der Waals surface area (Å²) in [6.07, 6.45) is -5.70. The molecule has 0 spiro atoms. The normalized spacial score (nSPS) is 44.8. The summed E-state index contributed by atoms with van der Waals surface area (Å²) < 4.78 is 4.81. The number of hydrogen-bond acceptors (Lipinski definition) is 6. The van der Waals surface area contributed by atoms with E-state index in [1.54, 1.807) is 0 Å². The van der Waals surface area contributed by atoms with Crippen molar-refractivity contribution in [3.05, 3.63) is 0 Å². The van der Waals surface area contributed by atoms with E-state index in [1.165, 1.54) is 0 Å². The van der Waals surface area contributed by atoms with Crippen LogP contribution in [0.25, 0.3) is 0 Å². The van der Waals surface area contributed by atoms with Gasteiger partial charge in [-0.15, -0.1) is 0 Å². The van der Waals surface area contributed by atoms with Crippen LogP contribution in [-0.2, 0) is 4.74 Å². The van der Waals surface area contributed by atoms with Crippen LogP contribution in [0.3, 0.4) is 0 Å². The van der Waals surface area contributed by atoms with Crippen LogP contribution in [0.15, 0.2) is 0 Å². The van der Waals surface area contributed by atoms with Gasteiger partial charge in [-0.05, 0) is 0 Å². The lowest BCUT2D eigenvalue weighted by atomic mass is 10.1. The fourth-order valence-electron chi connectivity index (χ4n) is 1.15. The van der Waals surface area contributed by atoms with Crippen LogP contribution in [0.1, 0.15) is 0 Å². The molecule has 6 nitrogen and oxygen atoms in total. The molecule has 72 valence electrons. The Hall–Kier alpha value is -0.240. The molecule has 12 heavy (non-hydrogen) atoms. The van der Waals surface area contributed by atoms with Crippen molar-refractivity contribution >= 4 is 0 Å². The third kappa shape index (κ3) is 1.58. The van der Waals surface area contributed by atoms with Gasteiger partial charge in [0.2, 0.25) is 0 Å². The highest BCUT2D eigenvalue weighted by molar-refractivity contribution is 4.91. The summed E-state index contributed by atoms with van der Waals surface area (Å²) in [5.74, 6) is 0. The quantitative estimate of drug-likeness (QED) is 0.304. The Labute approximate surface area is 69.2 Å². The molecule has 0 amide bonds. The summed E-state index contributed by atoms with van der Waals surface area (Å²) in [7, 11) is 0. The first-order chi connectivity index (χ1) is 5.57. The predicted molar refractivity (Wildman–Crippen MR) is 38.0 cm³/mol. The summed E-state index contributed by atoms with van der Waals surface area (Å²) in [4.78, 5) is 0. The largest absolute Gasteiger partial charge is 0.394 e. The van der Waals surface area contributed by atoms with Crippen LogP contribution in [0.4, 0.5) is 0 Å². The molecule has 1 heterocycles. The number of ether oxygens (including phenoxy) is 1. The van der Waals surface area contributed by atoms with E-state index >= 15 is 0 Å². The molecular formula is C6H13NO5. The molecule has 0 aromatic carbocycles. The third-order valence-corrected chi connectivity index (χ3v) is 1.90. The Morgan fingerprint density at radius 1 is 1.33 bits per heavy atom. The van der Waals surface area contributed by atoms with Gasteiger partial charge < -0.3 is 30.9 Å². The van der Waals surface area contributed by atoms with Gasteiger partial charge in [-0.25, -0.2) is 0 Å². The average Bonchev–Trinajstić information content (AvgIpc) is 2.32. The van der Waals surface area contributed by atoms with E-state index < -0.39 is 37.3 Å². The van der Waals surface area contributed by atoms with Crippen molar-refractivity contribution < 1.29 is 25.2 Å². The van der Waals surface area contributed by atoms with E-state index in [4.69, 9.17) is 25.8 Å². The van der Waals surface area contributed by atoms with Gasteiger partial charge in [0.25, 0.3) is 0 Å². The average molecular weight is 179 g/mol. The van der Waals surface area contributed by atoms with Crippen LogP contribution in [-0.4, -0.2) is 57.7 Å². The second-order valence-electron chi connectivity index (χ2n) is 2.80. The highest BCUT2D eigenvalue weighted by atomic mass is 16.6. The van der Waals surface area contributed by atoms with Gasteiger partial charge in [0.1, 0.15) is 30.6 Å². The molecule has 1 fully saturated rings. The number of nitrogens with two attached hydrogens (primary N) is 1. The minimum absolute atomic E-state index is 0.541. The number of aliphatic hydroxyl groups is 4. The maximum atomic E-state index is 9.20. The Balaban J connectivity index is 2.58. The Morgan fingerprint density at radius 3 is 2.25 bits per heavy atom. The molecule has 1 rings (SSSR count). The fraction of sp³-hybridized carbons (Fsp3) is 1.00. The second-order valence-corrected chi connectivity index (χ2v) is 2.80. The van der Waals surface area contributed by atoms with E-state index in [0.717, 1.165) is 0 Å². The predicted octanol–water partition coefficient (Wildman–Crippen LogP) is -3.25. The highest BCUT2D eigenvalue weighted by Gasteiger charge is 2.43. The molecule has 6 N–H and O–H groups in total. The van der Waals surface area contributed by atoms with Crippen LogP contribution in [0, 0.1) is 0 Å². The molecule has 0 aliphatic carbocycles. The molecule has 0 bridgehead atoms. The zero-order valence-electron chi connectivity index (χ0n) is 6.37. The molecule has 0 radical (unpaired) electrons. The maximum absolute atomic E-state index is 9.20. The molecule has 1 aliphatic rings. The van der Waals surface area contributed by atoms with Gasteiger partial charge in [-0.1, -0.05) is 0 Å². The Bertz CT molecular complexity index is 155. The molecule has 1 saturated heterocycles. The monoisotopic (exact) mass is 179 g/mol. The first kappa shape index (κ1) is 9.85. The van der Waals surface area contributed by atoms with Crippen molar-refractivity contribution in [3.63, 3.8) is 0 Å². The minimum atomic E-state index is -1.25. The molecule has 0 saturated carbocycles. The molecule has 6 heteroatoms. The number of aliphatic hydroxyl groups excluding tert-OH is 4. The summed E-state index contributed by atoms with van der Waals surface area (Å²) >= 11 is 0. The molecule has 0 aromatic heterocycles. The van der Waals surface area contributed by atoms with Crippen LogP contribution in [0.5, 0.6) is 0 Å². The lowest BCUT2D eigenvalue weighted by Crippen LogP contribution is -2.40. The van der Waals surface area contributed by atoms with Crippen molar-refractivity contribution in [1.82, 2.24) is 0 Å². The number of rotatable bonds is 2. The first-order valence-corrected chi connectivity index (χ1v) is 3.64. The molecule has 1 aliphatic heterocycles. The summed E-state index contributed by atoms with van der Waals surface area (Å²) in [6.45, 7) is -0.541. The van der Waals surface area contributed by atoms with Crippen LogP contribution in [0.2, 0.25) is 0 Å². The van der Waals surface area contributed by atoms with Gasteiger partial charge >= 0.3 is 0 Å². The van der Waals surface area contributed by atoms with Gasteiger partial charge in [-0.3, -0.25) is 0 Å². The fourth-order valence-corrected chi connectivity index (χ4v) is 1.15. The van der Waals surface area contributed by atoms with E-state index in [2.05, 4.69) is 0 Å². The van der Waals surface area contributed by atoms with E-state index in [0.29, 0.717) is 0 Å². The third-order valence-electron chi connectivity index (χ3n) is 1.90. The lowest BCUT2D eigenvalue weighted by molar-refractivity contribution is -0.0803. The zero-order valence-corrected chi connectivity index (χ0v) is 6.37. The van der Waals surface area contributed by atoms with E-state index in [-0.39, 0.29) is 0 Å². The van der Waals surface area contributed by atoms with Gasteiger partial charge in [-0.2, -0.15) is 0 Å². The highest BCUT2D eigenvalue weighted by Crippen LogP contribution is 2.20. The summed E-state index contributed by atoms with van der Waals surface area (Å²) in [5, 5.41) is 35.9. The van der Waals surface area contributed by atoms with Gasteiger partial charge in [0, 0.05) is 0 Å². The standard InChI is InChI=1S/C6H13NO5/c7-6-4(11)3(10)5(12-6)2(9)1-8/h2-6,8-11H,1,7H2/t2-,3-,4-,5-,6-/m1/s1. The summed E-state index contributed by atoms with van der Waals surface area (Å²) in [5.41, 5.74) is 5.23. The number of hydrogen-bond donors (Lipinski definition) is 5. The zero-order chi connectivity index (χ0) is 9.30. The smallest absolute Gasteiger partial charge is 0.135 e. The van der Waals surface area contributed by atoms with Gasteiger partial charge in [0.15, 0.2) is 0 Å². The molecule has 0 unspecified atom stereocenters.